The first-order chi connectivity index (χ1) is 11.2. The number of hydrogen-bond acceptors (Lipinski definition) is 4. The van der Waals surface area contributed by atoms with Crippen LogP contribution in [0.2, 0.25) is 0 Å². The second-order valence-corrected chi connectivity index (χ2v) is 6.99. The Morgan fingerprint density at radius 3 is 2.58 bits per heavy atom. The molecule has 0 radical (unpaired) electrons. The fourth-order valence-electron chi connectivity index (χ4n) is 2.55. The second kappa shape index (κ2) is 7.03. The van der Waals surface area contributed by atoms with Crippen molar-refractivity contribution in [2.45, 2.75) is 40.5 Å². The van der Waals surface area contributed by atoms with Gasteiger partial charge in [0.2, 0.25) is 5.91 Å². The Labute approximate surface area is 142 Å². The average Bonchev–Trinajstić information content (AvgIpc) is 2.50. The summed E-state index contributed by atoms with van der Waals surface area (Å²) in [5.74, 6) is -0.784. The van der Waals surface area contributed by atoms with E-state index >= 15 is 0 Å². The standard InChI is InChI=1S/C18H24N2O4/c1-12(21)20-9-5-6-13-10-14(7-8-15(13)20)19-16(22)11-24-17(23)18(2,3)4/h7-8,10H,5-6,9,11H2,1-4H3,(H,19,22). The maximum atomic E-state index is 11.9. The van der Waals surface area contributed by atoms with Crippen molar-refractivity contribution in [1.29, 1.82) is 0 Å². The van der Waals surface area contributed by atoms with Crippen molar-refractivity contribution < 1.29 is 19.1 Å². The van der Waals surface area contributed by atoms with Gasteiger partial charge in [-0.2, -0.15) is 0 Å². The molecule has 1 N–H and O–H groups in total. The summed E-state index contributed by atoms with van der Waals surface area (Å²) in [4.78, 5) is 37.0. The highest BCUT2D eigenvalue weighted by molar-refractivity contribution is 5.95. The van der Waals surface area contributed by atoms with E-state index in [0.717, 1.165) is 30.6 Å². The zero-order valence-electron chi connectivity index (χ0n) is 14.6. The van der Waals surface area contributed by atoms with E-state index in [4.69, 9.17) is 4.74 Å². The summed E-state index contributed by atoms with van der Waals surface area (Å²) in [6.45, 7) is 7.16. The lowest BCUT2D eigenvalue weighted by Crippen LogP contribution is -2.33. The minimum Gasteiger partial charge on any atom is -0.455 e. The first kappa shape index (κ1) is 18.0. The molecule has 6 nitrogen and oxygen atoms in total. The number of esters is 1. The molecule has 1 aliphatic heterocycles. The number of nitrogens with zero attached hydrogens (tertiary/aromatic N) is 1. The van der Waals surface area contributed by atoms with Crippen LogP contribution in [0, 0.1) is 5.41 Å². The number of anilines is 2. The zero-order valence-corrected chi connectivity index (χ0v) is 14.6. The van der Waals surface area contributed by atoms with E-state index in [2.05, 4.69) is 5.32 Å². The number of carbonyl (C=O) groups excluding carboxylic acids is 3. The number of rotatable bonds is 3. The molecule has 24 heavy (non-hydrogen) atoms. The molecule has 2 rings (SSSR count). The smallest absolute Gasteiger partial charge is 0.311 e. The van der Waals surface area contributed by atoms with Crippen LogP contribution >= 0.6 is 0 Å². The molecule has 1 heterocycles. The van der Waals surface area contributed by atoms with Gasteiger partial charge in [0.1, 0.15) is 0 Å². The summed E-state index contributed by atoms with van der Waals surface area (Å²) >= 11 is 0. The number of carbonyl (C=O) groups is 3. The van der Waals surface area contributed by atoms with E-state index in [0.29, 0.717) is 5.69 Å². The Balaban J connectivity index is 2.00. The van der Waals surface area contributed by atoms with E-state index < -0.39 is 11.4 Å². The van der Waals surface area contributed by atoms with Crippen molar-refractivity contribution in [3.63, 3.8) is 0 Å². The van der Waals surface area contributed by atoms with Crippen LogP contribution in [0.4, 0.5) is 11.4 Å². The molecule has 0 aliphatic carbocycles. The van der Waals surface area contributed by atoms with Gasteiger partial charge >= 0.3 is 5.97 Å². The first-order valence-corrected chi connectivity index (χ1v) is 8.06. The number of nitrogens with one attached hydrogen (secondary N) is 1. The van der Waals surface area contributed by atoms with E-state index in [1.807, 2.05) is 12.1 Å². The summed E-state index contributed by atoms with van der Waals surface area (Å²) in [6.07, 6.45) is 1.76. The van der Waals surface area contributed by atoms with Crippen molar-refractivity contribution in [2.75, 3.05) is 23.4 Å². The molecular weight excluding hydrogens is 308 g/mol. The van der Waals surface area contributed by atoms with Crippen LogP contribution in [0.5, 0.6) is 0 Å². The highest BCUT2D eigenvalue weighted by Gasteiger charge is 2.24. The summed E-state index contributed by atoms with van der Waals surface area (Å²) in [6, 6.07) is 5.46. The minimum atomic E-state index is -0.637. The molecule has 0 fully saturated rings. The van der Waals surface area contributed by atoms with Gasteiger partial charge in [-0.25, -0.2) is 0 Å². The van der Waals surface area contributed by atoms with E-state index in [-0.39, 0.29) is 18.4 Å². The van der Waals surface area contributed by atoms with Crippen LogP contribution in [0.25, 0.3) is 0 Å². The van der Waals surface area contributed by atoms with Gasteiger partial charge in [-0.05, 0) is 57.4 Å². The molecule has 0 aromatic heterocycles. The van der Waals surface area contributed by atoms with Gasteiger partial charge in [0.25, 0.3) is 5.91 Å². The molecule has 6 heteroatoms. The van der Waals surface area contributed by atoms with E-state index in [1.54, 1.807) is 38.7 Å². The largest absolute Gasteiger partial charge is 0.455 e. The average molecular weight is 332 g/mol. The molecular formula is C18H24N2O4. The number of ether oxygens (including phenoxy) is 1. The fraction of sp³-hybridized carbons (Fsp3) is 0.500. The SMILES string of the molecule is CC(=O)N1CCCc2cc(NC(=O)COC(=O)C(C)(C)C)ccc21. The van der Waals surface area contributed by atoms with Crippen LogP contribution in [0.15, 0.2) is 18.2 Å². The zero-order chi connectivity index (χ0) is 17.9. The van der Waals surface area contributed by atoms with Crippen LogP contribution in [-0.2, 0) is 25.5 Å². The highest BCUT2D eigenvalue weighted by atomic mass is 16.5. The molecule has 0 bridgehead atoms. The van der Waals surface area contributed by atoms with Gasteiger partial charge in [-0.3, -0.25) is 14.4 Å². The van der Waals surface area contributed by atoms with Gasteiger partial charge in [-0.1, -0.05) is 0 Å². The summed E-state index contributed by atoms with van der Waals surface area (Å²) < 4.78 is 5.00. The first-order valence-electron chi connectivity index (χ1n) is 8.06. The third-order valence-electron chi connectivity index (χ3n) is 3.81. The van der Waals surface area contributed by atoms with Crippen LogP contribution < -0.4 is 10.2 Å². The maximum absolute atomic E-state index is 11.9. The lowest BCUT2D eigenvalue weighted by atomic mass is 9.97. The second-order valence-electron chi connectivity index (χ2n) is 6.99. The number of amides is 2. The molecule has 1 aliphatic rings. The fourth-order valence-corrected chi connectivity index (χ4v) is 2.55. The lowest BCUT2D eigenvalue weighted by molar-refractivity contribution is -0.155. The van der Waals surface area contributed by atoms with Crippen molar-refractivity contribution >= 4 is 29.2 Å². The van der Waals surface area contributed by atoms with Gasteiger partial charge in [0, 0.05) is 24.8 Å². The quantitative estimate of drug-likeness (QED) is 0.863. The van der Waals surface area contributed by atoms with Crippen LogP contribution in [0.1, 0.15) is 39.7 Å². The highest BCUT2D eigenvalue weighted by Crippen LogP contribution is 2.29. The van der Waals surface area contributed by atoms with Crippen molar-refractivity contribution in [2.24, 2.45) is 5.41 Å². The van der Waals surface area contributed by atoms with E-state index in [9.17, 15) is 14.4 Å². The summed E-state index contributed by atoms with van der Waals surface area (Å²) in [5, 5.41) is 2.72. The van der Waals surface area contributed by atoms with Crippen LogP contribution in [-0.4, -0.2) is 30.9 Å². The Hall–Kier alpha value is -2.37. The Kier molecular flexibility index (Phi) is 5.26. The van der Waals surface area contributed by atoms with Gasteiger partial charge in [-0.15, -0.1) is 0 Å². The molecule has 2 amide bonds. The number of hydrogen-bond donors (Lipinski definition) is 1. The maximum Gasteiger partial charge on any atom is 0.311 e. The Morgan fingerprint density at radius 2 is 1.96 bits per heavy atom. The molecule has 1 aromatic carbocycles. The predicted octanol–water partition coefficient (Wildman–Crippen LogP) is 2.51. The van der Waals surface area contributed by atoms with Crippen molar-refractivity contribution in [1.82, 2.24) is 0 Å². The van der Waals surface area contributed by atoms with Crippen molar-refractivity contribution in [3.05, 3.63) is 23.8 Å². The molecule has 0 unspecified atom stereocenters. The van der Waals surface area contributed by atoms with Gasteiger partial charge in [0.15, 0.2) is 6.61 Å². The molecule has 0 spiro atoms. The van der Waals surface area contributed by atoms with Crippen LogP contribution in [0.3, 0.4) is 0 Å². The van der Waals surface area contributed by atoms with Gasteiger partial charge < -0.3 is 15.0 Å². The minimum absolute atomic E-state index is 0.0156. The number of fused-ring (bicyclic) bond motifs is 1. The Morgan fingerprint density at radius 1 is 1.25 bits per heavy atom. The predicted molar refractivity (Wildman–Crippen MR) is 91.8 cm³/mol. The summed E-state index contributed by atoms with van der Waals surface area (Å²) in [7, 11) is 0. The Bertz CT molecular complexity index is 661. The number of aryl methyl sites for hydroxylation is 1. The molecule has 0 saturated heterocycles. The molecule has 0 atom stereocenters. The number of benzene rings is 1. The third-order valence-corrected chi connectivity index (χ3v) is 3.81. The lowest BCUT2D eigenvalue weighted by Gasteiger charge is -2.29. The topological polar surface area (TPSA) is 75.7 Å². The van der Waals surface area contributed by atoms with E-state index in [1.165, 1.54) is 0 Å². The van der Waals surface area contributed by atoms with Gasteiger partial charge in [0.05, 0.1) is 5.41 Å². The normalized spacial score (nSPS) is 13.9. The monoisotopic (exact) mass is 332 g/mol. The molecule has 0 saturated carbocycles. The molecule has 130 valence electrons. The molecule has 1 aromatic rings. The summed E-state index contributed by atoms with van der Waals surface area (Å²) in [5.41, 5.74) is 1.92. The van der Waals surface area contributed by atoms with Crippen molar-refractivity contribution in [3.8, 4) is 0 Å². The third kappa shape index (κ3) is 4.34.